The van der Waals surface area contributed by atoms with E-state index >= 15 is 0 Å². The summed E-state index contributed by atoms with van der Waals surface area (Å²) in [5.41, 5.74) is 19.7. The first-order valence-corrected chi connectivity index (χ1v) is 21.6. The Morgan fingerprint density at radius 1 is 0.764 bits per heavy atom. The quantitative estimate of drug-likeness (QED) is 0.270. The van der Waals surface area contributed by atoms with Crippen molar-refractivity contribution in [3.8, 4) is 11.1 Å². The Bertz CT molecular complexity index is 2260. The van der Waals surface area contributed by atoms with Crippen LogP contribution < -0.4 is 0 Å². The fourth-order valence-electron chi connectivity index (χ4n) is 11.2. The van der Waals surface area contributed by atoms with Crippen molar-refractivity contribution >= 4 is 6.08 Å². The summed E-state index contributed by atoms with van der Waals surface area (Å²) in [4.78, 5) is 0. The molecule has 2 aromatic rings. The van der Waals surface area contributed by atoms with Gasteiger partial charge in [0.25, 0.3) is 0 Å². The Morgan fingerprint density at radius 3 is 2.56 bits per heavy atom. The second kappa shape index (κ2) is 14.8. The lowest BCUT2D eigenvalue weighted by Gasteiger charge is -2.37. The standard InChI is InChI=1S/C54H56O/c1-35-26-29-46-49(34-51-47-23-10-11-25-52(47)55-54(51)50(46)30-35)43-20-13-21-44(33-43)53(38-15-4-3-5-16-38)48-24-9-8-22-45(48)36(2)39-18-12-19-41(31-39)42-28-27-37-14-6-7-17-40(37)32-42/h3-4,7-9,11-12,17-19,21-22,24-25,27-28,31-33,35-36,45,48,51H,5-6,10,13-16,20,23,26,29-30,34H2,1-2H3/b53-38+. The van der Waals surface area contributed by atoms with Gasteiger partial charge in [0.05, 0.1) is 0 Å². The van der Waals surface area contributed by atoms with E-state index in [2.05, 4.69) is 129 Å². The highest BCUT2D eigenvalue weighted by molar-refractivity contribution is 5.70. The van der Waals surface area contributed by atoms with E-state index in [9.17, 15) is 0 Å². The second-order valence-corrected chi connectivity index (χ2v) is 17.6. The summed E-state index contributed by atoms with van der Waals surface area (Å²) >= 11 is 0. The first-order valence-electron chi connectivity index (χ1n) is 21.6. The van der Waals surface area contributed by atoms with Crippen LogP contribution in [0.5, 0.6) is 0 Å². The molecule has 7 aliphatic carbocycles. The average molecular weight is 721 g/mol. The zero-order valence-corrected chi connectivity index (χ0v) is 33.0. The van der Waals surface area contributed by atoms with Crippen LogP contribution in [0.2, 0.25) is 0 Å². The lowest BCUT2D eigenvalue weighted by Crippen LogP contribution is -2.24. The minimum atomic E-state index is 0.340. The summed E-state index contributed by atoms with van der Waals surface area (Å²) in [6.07, 6.45) is 44.0. The number of ether oxygens (including phenoxy) is 1. The number of hydrogen-bond donors (Lipinski definition) is 0. The molecule has 10 rings (SSSR count). The number of rotatable bonds is 6. The van der Waals surface area contributed by atoms with Gasteiger partial charge in [-0.2, -0.15) is 0 Å². The molecule has 278 valence electrons. The maximum Gasteiger partial charge on any atom is 0.126 e. The van der Waals surface area contributed by atoms with Gasteiger partial charge < -0.3 is 4.74 Å². The van der Waals surface area contributed by atoms with E-state index in [4.69, 9.17) is 4.74 Å². The van der Waals surface area contributed by atoms with Crippen LogP contribution in [0.3, 0.4) is 0 Å². The molecule has 5 unspecified atom stereocenters. The molecule has 1 nitrogen and oxygen atoms in total. The molecule has 0 aromatic heterocycles. The highest BCUT2D eigenvalue weighted by Gasteiger charge is 2.41. The molecule has 8 aliphatic rings. The summed E-state index contributed by atoms with van der Waals surface area (Å²) in [7, 11) is 0. The monoisotopic (exact) mass is 720 g/mol. The third-order valence-electron chi connectivity index (χ3n) is 14.2. The van der Waals surface area contributed by atoms with Crippen LogP contribution in [0.4, 0.5) is 0 Å². The predicted molar refractivity (Wildman–Crippen MR) is 230 cm³/mol. The van der Waals surface area contributed by atoms with E-state index < -0.39 is 0 Å². The molecule has 0 bridgehead atoms. The topological polar surface area (TPSA) is 9.23 Å². The molecule has 0 N–H and O–H groups in total. The van der Waals surface area contributed by atoms with E-state index in [1.165, 1.54) is 52.0 Å². The SMILES string of the molecule is CC1CCC2=C(C3=CC(/C(=C4/CC=CCC4)C4C=CC=CC4C(C)c4cccc(-c5ccc6c(c5)C=CCC6)c4)=CCC3)CC3C4=C(C=CCC4)OC3=C2C1. The summed E-state index contributed by atoms with van der Waals surface area (Å²) in [5.74, 6) is 4.72. The van der Waals surface area contributed by atoms with Gasteiger partial charge in [-0.15, -0.1) is 0 Å². The van der Waals surface area contributed by atoms with Crippen LogP contribution in [-0.4, -0.2) is 0 Å². The Kier molecular flexibility index (Phi) is 9.37. The van der Waals surface area contributed by atoms with Gasteiger partial charge in [-0.3, -0.25) is 0 Å². The molecule has 55 heavy (non-hydrogen) atoms. The van der Waals surface area contributed by atoms with Crippen LogP contribution in [-0.2, 0) is 11.2 Å². The summed E-state index contributed by atoms with van der Waals surface area (Å²) < 4.78 is 6.74. The van der Waals surface area contributed by atoms with Crippen molar-refractivity contribution in [1.82, 2.24) is 0 Å². The molecular formula is C54H56O. The van der Waals surface area contributed by atoms with Crippen molar-refractivity contribution < 1.29 is 4.74 Å². The summed E-state index contributed by atoms with van der Waals surface area (Å²) in [6, 6.07) is 16.5. The van der Waals surface area contributed by atoms with Crippen LogP contribution in [0.25, 0.3) is 17.2 Å². The molecule has 1 heteroatoms. The number of hydrogen-bond acceptors (Lipinski definition) is 1. The zero-order chi connectivity index (χ0) is 36.9. The van der Waals surface area contributed by atoms with E-state index in [1.807, 2.05) is 0 Å². The van der Waals surface area contributed by atoms with Crippen molar-refractivity contribution in [3.63, 3.8) is 0 Å². The maximum atomic E-state index is 6.74. The van der Waals surface area contributed by atoms with Gasteiger partial charge in [0, 0.05) is 11.8 Å². The molecule has 1 aliphatic heterocycles. The highest BCUT2D eigenvalue weighted by atomic mass is 16.5. The van der Waals surface area contributed by atoms with E-state index in [-0.39, 0.29) is 0 Å². The molecular weight excluding hydrogens is 665 g/mol. The number of fused-ring (bicyclic) bond motifs is 4. The van der Waals surface area contributed by atoms with Gasteiger partial charge in [-0.05, 0) is 180 Å². The molecule has 2 aromatic carbocycles. The van der Waals surface area contributed by atoms with Crippen LogP contribution in [0, 0.1) is 23.7 Å². The number of allylic oxidation sites excluding steroid dienone is 19. The minimum absolute atomic E-state index is 0.340. The Labute approximate surface area is 329 Å². The van der Waals surface area contributed by atoms with Gasteiger partial charge in [-0.1, -0.05) is 123 Å². The molecule has 1 saturated carbocycles. The Balaban J connectivity index is 1.00. The number of benzene rings is 2. The van der Waals surface area contributed by atoms with Crippen LogP contribution in [0.1, 0.15) is 114 Å². The zero-order valence-electron chi connectivity index (χ0n) is 33.0. The van der Waals surface area contributed by atoms with Crippen molar-refractivity contribution in [3.05, 3.63) is 182 Å². The predicted octanol–water partition coefficient (Wildman–Crippen LogP) is 14.5. The smallest absolute Gasteiger partial charge is 0.126 e. The normalized spacial score (nSPS) is 28.3. The number of aryl methyl sites for hydroxylation is 1. The second-order valence-electron chi connectivity index (χ2n) is 17.6. The third-order valence-corrected chi connectivity index (χ3v) is 14.2. The molecule has 5 atom stereocenters. The Morgan fingerprint density at radius 2 is 1.64 bits per heavy atom. The molecule has 1 heterocycles. The molecule has 0 saturated heterocycles. The van der Waals surface area contributed by atoms with Gasteiger partial charge in [-0.25, -0.2) is 0 Å². The van der Waals surface area contributed by atoms with E-state index in [1.54, 1.807) is 39.0 Å². The van der Waals surface area contributed by atoms with Crippen molar-refractivity contribution in [2.75, 3.05) is 0 Å². The fourth-order valence-corrected chi connectivity index (χ4v) is 11.2. The van der Waals surface area contributed by atoms with Crippen molar-refractivity contribution in [2.45, 2.75) is 103 Å². The van der Waals surface area contributed by atoms with E-state index in [0.717, 1.165) is 82.3 Å². The van der Waals surface area contributed by atoms with Gasteiger partial charge in [0.2, 0.25) is 0 Å². The lowest BCUT2D eigenvalue weighted by atomic mass is 9.67. The fraction of sp³-hybridized carbons (Fsp3) is 0.370. The Hall–Kier alpha value is -4.62. The minimum Gasteiger partial charge on any atom is -0.461 e. The molecule has 0 radical (unpaired) electrons. The van der Waals surface area contributed by atoms with Crippen LogP contribution >= 0.6 is 0 Å². The maximum absolute atomic E-state index is 6.74. The molecule has 0 amide bonds. The highest BCUT2D eigenvalue weighted by Crippen LogP contribution is 2.54. The van der Waals surface area contributed by atoms with Gasteiger partial charge in [0.15, 0.2) is 0 Å². The average Bonchev–Trinajstić information content (AvgIpc) is 3.63. The summed E-state index contributed by atoms with van der Waals surface area (Å²) in [6.45, 7) is 4.92. The van der Waals surface area contributed by atoms with Gasteiger partial charge in [0.1, 0.15) is 11.5 Å². The third kappa shape index (κ3) is 6.52. The summed E-state index contributed by atoms with van der Waals surface area (Å²) in [5, 5.41) is 0. The van der Waals surface area contributed by atoms with Crippen molar-refractivity contribution in [2.24, 2.45) is 23.7 Å². The first-order chi connectivity index (χ1) is 27.1. The van der Waals surface area contributed by atoms with Crippen LogP contribution in [0.15, 0.2) is 165 Å². The largest absolute Gasteiger partial charge is 0.461 e. The van der Waals surface area contributed by atoms with E-state index in [0.29, 0.717) is 23.7 Å². The van der Waals surface area contributed by atoms with Crippen molar-refractivity contribution in [1.29, 1.82) is 0 Å². The lowest BCUT2D eigenvalue weighted by molar-refractivity contribution is 0.299. The van der Waals surface area contributed by atoms with Gasteiger partial charge >= 0.3 is 0 Å². The molecule has 1 fully saturated rings. The molecule has 0 spiro atoms. The first kappa shape index (κ1) is 34.8.